The van der Waals surface area contributed by atoms with E-state index in [0.29, 0.717) is 11.8 Å². The van der Waals surface area contributed by atoms with E-state index in [0.717, 1.165) is 25.8 Å². The van der Waals surface area contributed by atoms with Gasteiger partial charge in [0.15, 0.2) is 0 Å². The van der Waals surface area contributed by atoms with Crippen molar-refractivity contribution in [2.24, 2.45) is 5.92 Å². The largest absolute Gasteiger partial charge is 0.301 e. The second-order valence-electron chi connectivity index (χ2n) is 6.83. The summed E-state index contributed by atoms with van der Waals surface area (Å²) in [6.07, 6.45) is 2.77. The molecule has 1 aliphatic carbocycles. The van der Waals surface area contributed by atoms with Gasteiger partial charge in [-0.2, -0.15) is 0 Å². The Hall–Kier alpha value is -2.13. The highest BCUT2D eigenvalue weighted by molar-refractivity contribution is 5.87. The zero-order chi connectivity index (χ0) is 15.4. The van der Waals surface area contributed by atoms with Gasteiger partial charge in [-0.1, -0.05) is 42.5 Å². The number of hydrogen-bond acceptors (Lipinski definition) is 3. The number of anilines is 1. The first kappa shape index (κ1) is 13.3. The third-order valence-corrected chi connectivity index (χ3v) is 5.73. The minimum absolute atomic E-state index is 0.122. The summed E-state index contributed by atoms with van der Waals surface area (Å²) in [6.45, 7) is 0.997. The Labute approximate surface area is 136 Å². The molecule has 3 nitrogen and oxygen atoms in total. The Morgan fingerprint density at radius 2 is 1.70 bits per heavy atom. The SMILES string of the molecule is O=C1CCC2C1C1c3ccccc3CCN1N2c1ccccc1. The summed E-state index contributed by atoms with van der Waals surface area (Å²) in [6, 6.07) is 19.8. The molecule has 2 aromatic rings. The fraction of sp³-hybridized carbons (Fsp3) is 0.350. The molecule has 5 rings (SSSR count). The van der Waals surface area contributed by atoms with Crippen LogP contribution in [-0.2, 0) is 11.2 Å². The minimum Gasteiger partial charge on any atom is -0.301 e. The number of nitrogens with zero attached hydrogens (tertiary/aromatic N) is 2. The second kappa shape index (κ2) is 4.93. The molecule has 3 atom stereocenters. The van der Waals surface area contributed by atoms with Crippen molar-refractivity contribution in [1.82, 2.24) is 5.01 Å². The maximum atomic E-state index is 12.6. The molecular weight excluding hydrogens is 284 g/mol. The molecule has 2 fully saturated rings. The third-order valence-electron chi connectivity index (χ3n) is 5.73. The van der Waals surface area contributed by atoms with Crippen LogP contribution in [0.1, 0.15) is 30.0 Å². The minimum atomic E-state index is 0.122. The van der Waals surface area contributed by atoms with Gasteiger partial charge in [-0.15, -0.1) is 0 Å². The summed E-state index contributed by atoms with van der Waals surface area (Å²) in [5.74, 6) is 0.566. The summed E-state index contributed by atoms with van der Waals surface area (Å²) < 4.78 is 0. The number of ketones is 1. The van der Waals surface area contributed by atoms with E-state index in [1.807, 2.05) is 0 Å². The van der Waals surface area contributed by atoms with E-state index < -0.39 is 0 Å². The van der Waals surface area contributed by atoms with Crippen LogP contribution in [0, 0.1) is 5.92 Å². The molecule has 2 aliphatic heterocycles. The number of hydrazine groups is 1. The van der Waals surface area contributed by atoms with Crippen molar-refractivity contribution in [3.8, 4) is 0 Å². The zero-order valence-electron chi connectivity index (χ0n) is 13.1. The predicted molar refractivity (Wildman–Crippen MR) is 90.0 cm³/mol. The van der Waals surface area contributed by atoms with Gasteiger partial charge in [0.2, 0.25) is 0 Å². The lowest BCUT2D eigenvalue weighted by atomic mass is 9.85. The van der Waals surface area contributed by atoms with Gasteiger partial charge in [0.05, 0.1) is 23.7 Å². The molecular formula is C20H20N2O. The first-order valence-corrected chi connectivity index (χ1v) is 8.56. The van der Waals surface area contributed by atoms with E-state index in [9.17, 15) is 4.79 Å². The highest BCUT2D eigenvalue weighted by Gasteiger charge is 2.55. The van der Waals surface area contributed by atoms with Crippen LogP contribution in [0.5, 0.6) is 0 Å². The Morgan fingerprint density at radius 3 is 2.57 bits per heavy atom. The number of hydrogen-bond donors (Lipinski definition) is 0. The van der Waals surface area contributed by atoms with Gasteiger partial charge in [0.25, 0.3) is 0 Å². The molecule has 23 heavy (non-hydrogen) atoms. The monoisotopic (exact) mass is 304 g/mol. The molecule has 1 saturated carbocycles. The Balaban J connectivity index is 1.65. The molecule has 3 heteroatoms. The molecule has 0 aromatic heterocycles. The highest BCUT2D eigenvalue weighted by Crippen LogP contribution is 2.51. The van der Waals surface area contributed by atoms with Gasteiger partial charge < -0.3 is 5.01 Å². The standard InChI is InChI=1S/C20H20N2O/c23-18-11-10-17-19(18)20-16-9-5-4-6-14(16)12-13-21(20)22(17)15-7-2-1-3-8-15/h1-9,17,19-20H,10-13H2. The molecule has 0 spiro atoms. The van der Waals surface area contributed by atoms with Crippen molar-refractivity contribution in [2.45, 2.75) is 31.3 Å². The van der Waals surface area contributed by atoms with Crippen LogP contribution in [0.25, 0.3) is 0 Å². The fourth-order valence-corrected chi connectivity index (χ4v) is 4.83. The highest BCUT2D eigenvalue weighted by atomic mass is 16.1. The number of Topliss-reactive ketones (excluding diaryl/α,β-unsaturated/α-hetero) is 1. The lowest BCUT2D eigenvalue weighted by Crippen LogP contribution is -2.44. The van der Waals surface area contributed by atoms with E-state index in [4.69, 9.17) is 0 Å². The average Bonchev–Trinajstić information content (AvgIpc) is 3.13. The van der Waals surface area contributed by atoms with Crippen LogP contribution in [0.2, 0.25) is 0 Å². The van der Waals surface area contributed by atoms with Crippen LogP contribution in [0.4, 0.5) is 5.69 Å². The van der Waals surface area contributed by atoms with Crippen molar-refractivity contribution < 1.29 is 4.79 Å². The maximum Gasteiger partial charge on any atom is 0.140 e. The van der Waals surface area contributed by atoms with Crippen molar-refractivity contribution in [3.63, 3.8) is 0 Å². The average molecular weight is 304 g/mol. The normalized spacial score (nSPS) is 29.3. The van der Waals surface area contributed by atoms with Gasteiger partial charge in [0, 0.05) is 13.0 Å². The number of carbonyl (C=O) groups is 1. The Morgan fingerprint density at radius 1 is 0.913 bits per heavy atom. The van der Waals surface area contributed by atoms with E-state index in [2.05, 4.69) is 64.6 Å². The lowest BCUT2D eigenvalue weighted by Gasteiger charge is -2.39. The number of rotatable bonds is 1. The van der Waals surface area contributed by atoms with Crippen molar-refractivity contribution >= 4 is 11.5 Å². The molecule has 0 N–H and O–H groups in total. The quantitative estimate of drug-likeness (QED) is 0.807. The zero-order valence-corrected chi connectivity index (χ0v) is 13.1. The van der Waals surface area contributed by atoms with Gasteiger partial charge >= 0.3 is 0 Å². The first-order valence-electron chi connectivity index (χ1n) is 8.56. The van der Waals surface area contributed by atoms with Crippen molar-refractivity contribution in [3.05, 3.63) is 65.7 Å². The Kier molecular flexibility index (Phi) is 2.86. The van der Waals surface area contributed by atoms with Gasteiger partial charge in [-0.3, -0.25) is 4.79 Å². The van der Waals surface area contributed by atoms with Crippen LogP contribution in [-0.4, -0.2) is 23.4 Å². The number of fused-ring (bicyclic) bond motifs is 5. The summed E-state index contributed by atoms with van der Waals surface area (Å²) in [7, 11) is 0. The van der Waals surface area contributed by atoms with Crippen LogP contribution >= 0.6 is 0 Å². The summed E-state index contributed by atoms with van der Waals surface area (Å²) in [4.78, 5) is 12.6. The van der Waals surface area contributed by atoms with Crippen LogP contribution < -0.4 is 5.01 Å². The van der Waals surface area contributed by atoms with E-state index in [1.54, 1.807) is 0 Å². The topological polar surface area (TPSA) is 23.6 Å². The molecule has 1 saturated heterocycles. The lowest BCUT2D eigenvalue weighted by molar-refractivity contribution is -0.121. The number of para-hydroxylation sites is 1. The van der Waals surface area contributed by atoms with Gasteiger partial charge in [-0.25, -0.2) is 5.01 Å². The predicted octanol–water partition coefficient (Wildman–Crippen LogP) is 3.37. The summed E-state index contributed by atoms with van der Waals surface area (Å²) in [5.41, 5.74) is 4.00. The smallest absolute Gasteiger partial charge is 0.140 e. The molecule has 2 heterocycles. The second-order valence-corrected chi connectivity index (χ2v) is 6.83. The van der Waals surface area contributed by atoms with Crippen LogP contribution in [0.15, 0.2) is 54.6 Å². The van der Waals surface area contributed by atoms with Crippen molar-refractivity contribution in [2.75, 3.05) is 11.6 Å². The molecule has 116 valence electrons. The van der Waals surface area contributed by atoms with Crippen LogP contribution in [0.3, 0.4) is 0 Å². The summed E-state index contributed by atoms with van der Waals surface area (Å²) in [5, 5.41) is 4.89. The van der Waals surface area contributed by atoms with Gasteiger partial charge in [0.1, 0.15) is 5.78 Å². The van der Waals surface area contributed by atoms with Crippen molar-refractivity contribution in [1.29, 1.82) is 0 Å². The fourth-order valence-electron chi connectivity index (χ4n) is 4.83. The molecule has 0 bridgehead atoms. The maximum absolute atomic E-state index is 12.6. The Bertz CT molecular complexity index is 757. The summed E-state index contributed by atoms with van der Waals surface area (Å²) >= 11 is 0. The van der Waals surface area contributed by atoms with E-state index in [1.165, 1.54) is 16.8 Å². The van der Waals surface area contributed by atoms with Gasteiger partial charge in [-0.05, 0) is 36.1 Å². The molecule has 3 aliphatic rings. The molecule has 2 aromatic carbocycles. The molecule has 0 radical (unpaired) electrons. The number of benzene rings is 2. The molecule has 0 amide bonds. The third kappa shape index (κ3) is 1.83. The van der Waals surface area contributed by atoms with E-state index >= 15 is 0 Å². The van der Waals surface area contributed by atoms with E-state index in [-0.39, 0.29) is 12.0 Å². The first-order chi connectivity index (χ1) is 11.3. The molecule has 3 unspecified atom stereocenters. The number of carbonyl (C=O) groups excluding carboxylic acids is 1.